The number of ether oxygens (including phenoxy) is 2. The molecule has 7 heteroatoms. The minimum Gasteiger partial charge on any atom is -0.495 e. The first-order valence-corrected chi connectivity index (χ1v) is 11.0. The van der Waals surface area contributed by atoms with Gasteiger partial charge in [0.15, 0.2) is 0 Å². The van der Waals surface area contributed by atoms with Gasteiger partial charge in [0.2, 0.25) is 5.88 Å². The van der Waals surface area contributed by atoms with Crippen LogP contribution in [0.15, 0.2) is 41.1 Å². The molecule has 0 aliphatic rings. The fourth-order valence-corrected chi connectivity index (χ4v) is 3.65. The molecule has 2 aromatic carbocycles. The third-order valence-corrected chi connectivity index (χ3v) is 5.25. The van der Waals surface area contributed by atoms with Crippen LogP contribution < -0.4 is 9.47 Å². The zero-order chi connectivity index (χ0) is 22.2. The molecule has 3 rings (SSSR count). The van der Waals surface area contributed by atoms with Crippen LogP contribution in [0.3, 0.4) is 0 Å². The predicted molar refractivity (Wildman–Crippen MR) is 124 cm³/mol. The summed E-state index contributed by atoms with van der Waals surface area (Å²) in [6, 6.07) is 7.91. The van der Waals surface area contributed by atoms with Gasteiger partial charge in [-0.2, -0.15) is 0 Å². The van der Waals surface area contributed by atoms with Gasteiger partial charge >= 0.3 is 0 Å². The molecule has 1 heterocycles. The van der Waals surface area contributed by atoms with Crippen LogP contribution in [0.1, 0.15) is 32.3 Å². The molecule has 0 fully saturated rings. The van der Waals surface area contributed by atoms with Gasteiger partial charge in [-0.25, -0.2) is 14.4 Å². The van der Waals surface area contributed by atoms with Crippen molar-refractivity contribution in [1.29, 1.82) is 0 Å². The first-order chi connectivity index (χ1) is 15.0. The van der Waals surface area contributed by atoms with Gasteiger partial charge in [0.05, 0.1) is 34.6 Å². The summed E-state index contributed by atoms with van der Waals surface area (Å²) in [5, 5.41) is 0.680. The Morgan fingerprint density at radius 1 is 1.06 bits per heavy atom. The standard InChI is InChI=1S/C24H25BrFN3O2/c1-4-10-29(11-5-2)12-6-7-17-13-21-19(15-23(17)30-3)24(28-16-27-21)31-22-9-8-18(26)14-20(22)25/h8-9,13-16H,4-5,10-12H2,1-3H3. The van der Waals surface area contributed by atoms with Gasteiger partial charge in [0, 0.05) is 0 Å². The second-order valence-electron chi connectivity index (χ2n) is 7.00. The topological polar surface area (TPSA) is 47.5 Å². The van der Waals surface area contributed by atoms with Crippen molar-refractivity contribution in [2.24, 2.45) is 0 Å². The maximum atomic E-state index is 13.4. The van der Waals surface area contributed by atoms with E-state index in [9.17, 15) is 4.39 Å². The number of halogens is 2. The normalized spacial score (nSPS) is 10.8. The summed E-state index contributed by atoms with van der Waals surface area (Å²) in [6.45, 7) is 7.12. The summed E-state index contributed by atoms with van der Waals surface area (Å²) in [5.74, 6) is 7.55. The summed E-state index contributed by atoms with van der Waals surface area (Å²) in [6.07, 6.45) is 3.64. The smallest absolute Gasteiger partial charge is 0.230 e. The number of aromatic nitrogens is 2. The van der Waals surface area contributed by atoms with Gasteiger partial charge in [-0.1, -0.05) is 25.7 Å². The SMILES string of the molecule is CCCN(CC#Cc1cc2ncnc(Oc3ccc(F)cc3Br)c2cc1OC)CCC. The van der Waals surface area contributed by atoms with Crippen LogP contribution in [0, 0.1) is 17.7 Å². The lowest BCUT2D eigenvalue weighted by atomic mass is 10.1. The zero-order valence-electron chi connectivity index (χ0n) is 17.9. The van der Waals surface area contributed by atoms with E-state index in [4.69, 9.17) is 9.47 Å². The van der Waals surface area contributed by atoms with Crippen molar-refractivity contribution in [3.05, 3.63) is 52.5 Å². The number of hydrogen-bond acceptors (Lipinski definition) is 5. The molecule has 0 saturated carbocycles. The first-order valence-electron chi connectivity index (χ1n) is 10.2. The fraction of sp³-hybridized carbons (Fsp3) is 0.333. The minimum absolute atomic E-state index is 0.354. The zero-order valence-corrected chi connectivity index (χ0v) is 19.5. The summed E-state index contributed by atoms with van der Waals surface area (Å²) < 4.78 is 25.4. The van der Waals surface area contributed by atoms with E-state index in [1.54, 1.807) is 13.2 Å². The molecule has 0 atom stereocenters. The maximum Gasteiger partial charge on any atom is 0.230 e. The van der Waals surface area contributed by atoms with Gasteiger partial charge in [0.25, 0.3) is 0 Å². The number of nitrogens with zero attached hydrogens (tertiary/aromatic N) is 3. The van der Waals surface area contributed by atoms with Crippen molar-refractivity contribution in [1.82, 2.24) is 14.9 Å². The van der Waals surface area contributed by atoms with E-state index in [2.05, 4.69) is 56.5 Å². The summed E-state index contributed by atoms with van der Waals surface area (Å²) >= 11 is 3.32. The monoisotopic (exact) mass is 485 g/mol. The van der Waals surface area contributed by atoms with Crippen molar-refractivity contribution in [2.45, 2.75) is 26.7 Å². The molecular weight excluding hydrogens is 461 g/mol. The van der Waals surface area contributed by atoms with Crippen molar-refractivity contribution in [3.8, 4) is 29.2 Å². The molecule has 1 aromatic heterocycles. The van der Waals surface area contributed by atoms with Crippen LogP contribution in [0.5, 0.6) is 17.4 Å². The van der Waals surface area contributed by atoms with E-state index in [1.165, 1.54) is 18.5 Å². The molecule has 162 valence electrons. The second kappa shape index (κ2) is 11.1. The predicted octanol–water partition coefficient (Wildman–Crippen LogP) is 5.81. The Morgan fingerprint density at radius 2 is 1.84 bits per heavy atom. The molecule has 0 saturated heterocycles. The highest BCUT2D eigenvalue weighted by Crippen LogP contribution is 2.34. The fourth-order valence-electron chi connectivity index (χ4n) is 3.22. The van der Waals surface area contributed by atoms with Crippen LogP contribution in [-0.4, -0.2) is 41.6 Å². The summed E-state index contributed by atoms with van der Waals surface area (Å²) in [4.78, 5) is 11.0. The Morgan fingerprint density at radius 3 is 2.52 bits per heavy atom. The summed E-state index contributed by atoms with van der Waals surface area (Å²) in [5.41, 5.74) is 1.45. The Hall–Kier alpha value is -2.69. The number of fused-ring (bicyclic) bond motifs is 1. The van der Waals surface area contributed by atoms with Crippen LogP contribution >= 0.6 is 15.9 Å². The lowest BCUT2D eigenvalue weighted by Crippen LogP contribution is -2.25. The molecule has 0 spiro atoms. The molecule has 31 heavy (non-hydrogen) atoms. The largest absolute Gasteiger partial charge is 0.495 e. The lowest BCUT2D eigenvalue weighted by molar-refractivity contribution is 0.308. The molecule has 0 unspecified atom stereocenters. The third kappa shape index (κ3) is 5.93. The van der Waals surface area contributed by atoms with Gasteiger partial charge in [0.1, 0.15) is 23.6 Å². The highest BCUT2D eigenvalue weighted by molar-refractivity contribution is 9.10. The molecule has 0 aliphatic carbocycles. The molecule has 3 aromatic rings. The van der Waals surface area contributed by atoms with Gasteiger partial charge in [-0.15, -0.1) is 0 Å². The number of rotatable bonds is 8. The minimum atomic E-state index is -0.354. The Bertz CT molecular complexity index is 1110. The third-order valence-electron chi connectivity index (χ3n) is 4.63. The molecule has 0 N–H and O–H groups in total. The van der Waals surface area contributed by atoms with Crippen molar-refractivity contribution >= 4 is 26.8 Å². The Kier molecular flexibility index (Phi) is 8.21. The van der Waals surface area contributed by atoms with E-state index in [0.29, 0.717) is 39.3 Å². The highest BCUT2D eigenvalue weighted by Gasteiger charge is 2.13. The second-order valence-corrected chi connectivity index (χ2v) is 7.86. The van der Waals surface area contributed by atoms with E-state index >= 15 is 0 Å². The molecule has 0 amide bonds. The summed E-state index contributed by atoms with van der Waals surface area (Å²) in [7, 11) is 1.60. The average molecular weight is 486 g/mol. The molecule has 0 radical (unpaired) electrons. The van der Waals surface area contributed by atoms with E-state index in [-0.39, 0.29) is 5.82 Å². The van der Waals surface area contributed by atoms with Crippen LogP contribution in [-0.2, 0) is 0 Å². The van der Waals surface area contributed by atoms with Crippen molar-refractivity contribution < 1.29 is 13.9 Å². The van der Waals surface area contributed by atoms with Crippen molar-refractivity contribution in [2.75, 3.05) is 26.7 Å². The Balaban J connectivity index is 1.92. The quantitative estimate of drug-likeness (QED) is 0.377. The number of methoxy groups -OCH3 is 1. The first kappa shape index (κ1) is 23.0. The van der Waals surface area contributed by atoms with Crippen LogP contribution in [0.2, 0.25) is 0 Å². The molecule has 0 aliphatic heterocycles. The molecule has 0 bridgehead atoms. The van der Waals surface area contributed by atoms with E-state index in [0.717, 1.165) is 31.5 Å². The van der Waals surface area contributed by atoms with Crippen LogP contribution in [0.4, 0.5) is 4.39 Å². The van der Waals surface area contributed by atoms with E-state index in [1.807, 2.05) is 12.1 Å². The molecule has 5 nitrogen and oxygen atoms in total. The Labute approximate surface area is 190 Å². The van der Waals surface area contributed by atoms with E-state index < -0.39 is 0 Å². The van der Waals surface area contributed by atoms with Crippen LogP contribution in [0.25, 0.3) is 10.9 Å². The van der Waals surface area contributed by atoms with Gasteiger partial charge in [-0.3, -0.25) is 4.90 Å². The lowest BCUT2D eigenvalue weighted by Gasteiger charge is -2.17. The van der Waals surface area contributed by atoms with Gasteiger partial charge in [-0.05, 0) is 72.2 Å². The highest BCUT2D eigenvalue weighted by atomic mass is 79.9. The van der Waals surface area contributed by atoms with Gasteiger partial charge < -0.3 is 9.47 Å². The average Bonchev–Trinajstić information content (AvgIpc) is 2.75. The number of hydrogen-bond donors (Lipinski definition) is 0. The molecular formula is C24H25BrFN3O2. The maximum absolute atomic E-state index is 13.4. The number of benzene rings is 2. The van der Waals surface area contributed by atoms with Crippen molar-refractivity contribution in [3.63, 3.8) is 0 Å².